The van der Waals surface area contributed by atoms with Gasteiger partial charge in [0, 0.05) is 19.4 Å². The van der Waals surface area contributed by atoms with Gasteiger partial charge in [-0.25, -0.2) is 9.18 Å². The van der Waals surface area contributed by atoms with Crippen LogP contribution in [0.15, 0.2) is 11.9 Å². The molecule has 0 N–H and O–H groups in total. The van der Waals surface area contributed by atoms with Crippen molar-refractivity contribution in [2.24, 2.45) is 0 Å². The Morgan fingerprint density at radius 3 is 3.06 bits per heavy atom. The van der Waals surface area contributed by atoms with Crippen LogP contribution in [-0.4, -0.2) is 35.5 Å². The molecule has 16 heavy (non-hydrogen) atoms. The van der Waals surface area contributed by atoms with Gasteiger partial charge >= 0.3 is 5.97 Å². The van der Waals surface area contributed by atoms with Crippen molar-refractivity contribution in [2.45, 2.75) is 31.7 Å². The van der Waals surface area contributed by atoms with Crippen molar-refractivity contribution >= 4 is 11.9 Å². The van der Waals surface area contributed by atoms with E-state index in [-0.39, 0.29) is 25.5 Å². The molecule has 2 heterocycles. The number of nitrogens with zero attached hydrogens (tertiary/aromatic N) is 1. The monoisotopic (exact) mass is 227 g/mol. The molecule has 2 fully saturated rings. The summed E-state index contributed by atoms with van der Waals surface area (Å²) >= 11 is 0. The van der Waals surface area contributed by atoms with Gasteiger partial charge in [0.2, 0.25) is 5.91 Å². The van der Waals surface area contributed by atoms with E-state index in [1.807, 2.05) is 0 Å². The van der Waals surface area contributed by atoms with E-state index < -0.39 is 11.5 Å². The molecule has 0 saturated carbocycles. The third kappa shape index (κ3) is 1.42. The number of esters is 1. The molecule has 2 aliphatic heterocycles. The maximum Gasteiger partial charge on any atom is 0.332 e. The van der Waals surface area contributed by atoms with Gasteiger partial charge in [-0.05, 0) is 18.9 Å². The summed E-state index contributed by atoms with van der Waals surface area (Å²) in [5.41, 5.74) is -0.438. The van der Waals surface area contributed by atoms with E-state index in [1.165, 1.54) is 4.90 Å². The first-order valence-corrected chi connectivity index (χ1v) is 5.40. The number of halogens is 1. The van der Waals surface area contributed by atoms with Gasteiger partial charge in [0.05, 0.1) is 12.9 Å². The summed E-state index contributed by atoms with van der Waals surface area (Å²) in [5.74, 6) is -0.498. The smallest absolute Gasteiger partial charge is 0.332 e. The Bertz CT molecular complexity index is 366. The standard InChI is InChI=1S/C11H14FNO3/c1-2-16-10(15)11-4-3-9(14)13(11)7-8(5-11)6-12/h6H,2-5,7H2,1H3. The van der Waals surface area contributed by atoms with Crippen LogP contribution in [0.5, 0.6) is 0 Å². The van der Waals surface area contributed by atoms with E-state index in [9.17, 15) is 14.0 Å². The Morgan fingerprint density at radius 2 is 2.44 bits per heavy atom. The van der Waals surface area contributed by atoms with Gasteiger partial charge in [0.1, 0.15) is 5.54 Å². The van der Waals surface area contributed by atoms with Gasteiger partial charge in [0.25, 0.3) is 0 Å². The van der Waals surface area contributed by atoms with Crippen LogP contribution < -0.4 is 0 Å². The molecule has 2 saturated heterocycles. The summed E-state index contributed by atoms with van der Waals surface area (Å²) in [7, 11) is 0. The number of fused-ring (bicyclic) bond motifs is 1. The summed E-state index contributed by atoms with van der Waals surface area (Å²) in [6, 6.07) is 0. The zero-order valence-corrected chi connectivity index (χ0v) is 9.16. The van der Waals surface area contributed by atoms with E-state index in [1.54, 1.807) is 6.92 Å². The molecule has 2 aliphatic rings. The van der Waals surface area contributed by atoms with Crippen molar-refractivity contribution in [3.63, 3.8) is 0 Å². The van der Waals surface area contributed by atoms with Crippen molar-refractivity contribution in [1.82, 2.24) is 4.90 Å². The maximum atomic E-state index is 12.5. The lowest BCUT2D eigenvalue weighted by molar-refractivity contribution is -0.157. The number of carbonyl (C=O) groups excluding carboxylic acids is 2. The number of rotatable bonds is 2. The fourth-order valence-electron chi connectivity index (χ4n) is 2.50. The fourth-order valence-corrected chi connectivity index (χ4v) is 2.50. The summed E-state index contributed by atoms with van der Waals surface area (Å²) in [6.07, 6.45) is 1.54. The van der Waals surface area contributed by atoms with Crippen molar-refractivity contribution in [2.75, 3.05) is 13.2 Å². The molecule has 5 heteroatoms. The number of hydrogen-bond acceptors (Lipinski definition) is 3. The largest absolute Gasteiger partial charge is 0.464 e. The minimum Gasteiger partial charge on any atom is -0.464 e. The minimum atomic E-state index is -0.926. The van der Waals surface area contributed by atoms with E-state index in [4.69, 9.17) is 4.74 Å². The SMILES string of the molecule is CCOC(=O)C12CCC(=O)N1CC(=CF)C2. The van der Waals surface area contributed by atoms with Crippen LogP contribution in [0.1, 0.15) is 26.2 Å². The highest BCUT2D eigenvalue weighted by atomic mass is 19.1. The highest BCUT2D eigenvalue weighted by Crippen LogP contribution is 2.42. The third-order valence-electron chi connectivity index (χ3n) is 3.26. The van der Waals surface area contributed by atoms with Crippen LogP contribution in [0, 0.1) is 0 Å². The molecule has 1 amide bonds. The topological polar surface area (TPSA) is 46.6 Å². The zero-order chi connectivity index (χ0) is 11.8. The molecule has 4 nitrogen and oxygen atoms in total. The first-order valence-electron chi connectivity index (χ1n) is 5.40. The maximum absolute atomic E-state index is 12.5. The van der Waals surface area contributed by atoms with Crippen LogP contribution in [-0.2, 0) is 14.3 Å². The first kappa shape index (κ1) is 11.1. The van der Waals surface area contributed by atoms with E-state index in [0.717, 1.165) is 0 Å². The molecule has 2 rings (SSSR count). The van der Waals surface area contributed by atoms with Crippen LogP contribution in [0.2, 0.25) is 0 Å². The molecule has 88 valence electrons. The predicted molar refractivity (Wildman–Crippen MR) is 54.1 cm³/mol. The average molecular weight is 227 g/mol. The molecule has 0 spiro atoms. The van der Waals surface area contributed by atoms with Crippen LogP contribution in [0.25, 0.3) is 0 Å². The normalized spacial score (nSPS) is 31.0. The molecule has 1 unspecified atom stereocenters. The Labute approximate surface area is 93.0 Å². The second kappa shape index (κ2) is 3.88. The van der Waals surface area contributed by atoms with Crippen LogP contribution in [0.3, 0.4) is 0 Å². The molecule has 0 aliphatic carbocycles. The van der Waals surface area contributed by atoms with Gasteiger partial charge < -0.3 is 9.64 Å². The summed E-state index contributed by atoms with van der Waals surface area (Å²) < 4.78 is 17.5. The quantitative estimate of drug-likeness (QED) is 0.665. The molecular weight excluding hydrogens is 213 g/mol. The second-order valence-electron chi connectivity index (χ2n) is 4.18. The lowest BCUT2D eigenvalue weighted by Crippen LogP contribution is -2.48. The van der Waals surface area contributed by atoms with Gasteiger partial charge in [-0.2, -0.15) is 0 Å². The van der Waals surface area contributed by atoms with Crippen molar-refractivity contribution in [3.8, 4) is 0 Å². The molecule has 0 radical (unpaired) electrons. The Balaban J connectivity index is 2.29. The number of ether oxygens (including phenoxy) is 1. The molecule has 0 aromatic carbocycles. The van der Waals surface area contributed by atoms with Crippen LogP contribution in [0.4, 0.5) is 4.39 Å². The Hall–Kier alpha value is -1.39. The van der Waals surface area contributed by atoms with Gasteiger partial charge in [-0.1, -0.05) is 0 Å². The number of carbonyl (C=O) groups is 2. The fraction of sp³-hybridized carbons (Fsp3) is 0.636. The van der Waals surface area contributed by atoms with E-state index >= 15 is 0 Å². The van der Waals surface area contributed by atoms with Gasteiger partial charge in [0.15, 0.2) is 0 Å². The molecule has 1 atom stereocenters. The molecule has 0 aromatic rings. The lowest BCUT2D eigenvalue weighted by Gasteiger charge is -2.28. The van der Waals surface area contributed by atoms with Crippen molar-refractivity contribution in [3.05, 3.63) is 11.9 Å². The zero-order valence-electron chi connectivity index (χ0n) is 9.16. The van der Waals surface area contributed by atoms with E-state index in [0.29, 0.717) is 24.7 Å². The third-order valence-corrected chi connectivity index (χ3v) is 3.26. The van der Waals surface area contributed by atoms with Gasteiger partial charge in [-0.15, -0.1) is 0 Å². The first-order chi connectivity index (χ1) is 7.64. The summed E-state index contributed by atoms with van der Waals surface area (Å²) in [6.45, 7) is 2.21. The Morgan fingerprint density at radius 1 is 1.69 bits per heavy atom. The van der Waals surface area contributed by atoms with Crippen molar-refractivity contribution < 1.29 is 18.7 Å². The number of hydrogen-bond donors (Lipinski definition) is 0. The lowest BCUT2D eigenvalue weighted by atomic mass is 9.93. The second-order valence-corrected chi connectivity index (χ2v) is 4.18. The minimum absolute atomic E-state index is 0.0927. The number of amides is 1. The molecular formula is C11H14FNO3. The molecule has 0 bridgehead atoms. The highest BCUT2D eigenvalue weighted by molar-refractivity contribution is 5.93. The predicted octanol–water partition coefficient (Wildman–Crippen LogP) is 1.17. The summed E-state index contributed by atoms with van der Waals surface area (Å²) in [5, 5.41) is 0. The molecule has 0 aromatic heterocycles. The van der Waals surface area contributed by atoms with Crippen molar-refractivity contribution in [1.29, 1.82) is 0 Å². The average Bonchev–Trinajstić information content (AvgIpc) is 2.78. The van der Waals surface area contributed by atoms with Gasteiger partial charge in [-0.3, -0.25) is 4.79 Å². The van der Waals surface area contributed by atoms with E-state index in [2.05, 4.69) is 0 Å². The summed E-state index contributed by atoms with van der Waals surface area (Å²) in [4.78, 5) is 24.9. The highest BCUT2D eigenvalue weighted by Gasteiger charge is 2.56. The van der Waals surface area contributed by atoms with Crippen LogP contribution >= 0.6 is 0 Å². The Kier molecular flexibility index (Phi) is 2.69.